The van der Waals surface area contributed by atoms with Crippen LogP contribution in [0.25, 0.3) is 0 Å². The minimum absolute atomic E-state index is 0.0130. The largest absolute Gasteiger partial charge is 0.416 e. The Balaban J connectivity index is 1.18. The van der Waals surface area contributed by atoms with E-state index in [4.69, 9.17) is 0 Å². The summed E-state index contributed by atoms with van der Waals surface area (Å²) >= 11 is 0. The lowest BCUT2D eigenvalue weighted by atomic mass is 9.58. The van der Waals surface area contributed by atoms with Crippen LogP contribution >= 0.6 is 0 Å². The van der Waals surface area contributed by atoms with E-state index in [2.05, 4.69) is 21.7 Å². The van der Waals surface area contributed by atoms with Crippen molar-refractivity contribution in [2.45, 2.75) is 70.3 Å². The number of anilines is 1. The third-order valence-electron chi connectivity index (χ3n) is 11.1. The first-order chi connectivity index (χ1) is 22.7. The van der Waals surface area contributed by atoms with Gasteiger partial charge in [0.25, 0.3) is 5.91 Å². The second-order valence-corrected chi connectivity index (χ2v) is 14.1. The van der Waals surface area contributed by atoms with Crippen LogP contribution in [0.3, 0.4) is 0 Å². The van der Waals surface area contributed by atoms with E-state index in [-0.39, 0.29) is 40.7 Å². The number of hydrogen-bond donors (Lipinski definition) is 0. The molecule has 2 saturated heterocycles. The van der Waals surface area contributed by atoms with Gasteiger partial charge in [-0.15, -0.1) is 10.2 Å². The zero-order valence-corrected chi connectivity index (χ0v) is 26.8. The second kappa shape index (κ2) is 11.5. The maximum absolute atomic E-state index is 14.6. The number of carbonyl (C=O) groups excluding carboxylic acids is 2. The van der Waals surface area contributed by atoms with Crippen LogP contribution in [-0.4, -0.2) is 62.6 Å². The minimum atomic E-state index is -4.69. The maximum atomic E-state index is 14.6. The van der Waals surface area contributed by atoms with Gasteiger partial charge in [-0.3, -0.25) is 19.1 Å². The van der Waals surface area contributed by atoms with E-state index in [1.54, 1.807) is 35.2 Å². The summed E-state index contributed by atoms with van der Waals surface area (Å²) in [6, 6.07) is 9.22. The first-order valence-corrected chi connectivity index (χ1v) is 16.3. The topological polar surface area (TPSA) is 74.6 Å². The molecule has 254 valence electrons. The van der Waals surface area contributed by atoms with Gasteiger partial charge >= 0.3 is 12.7 Å². The molecule has 0 radical (unpaired) electrons. The van der Waals surface area contributed by atoms with Crippen molar-refractivity contribution in [3.05, 3.63) is 89.0 Å². The van der Waals surface area contributed by atoms with Gasteiger partial charge < -0.3 is 9.80 Å². The Hall–Kier alpha value is -4.13. The van der Waals surface area contributed by atoms with Gasteiger partial charge in [0.1, 0.15) is 12.2 Å². The van der Waals surface area contributed by atoms with Crippen molar-refractivity contribution in [2.75, 3.05) is 31.1 Å². The van der Waals surface area contributed by atoms with E-state index in [9.17, 15) is 31.5 Å². The summed E-state index contributed by atoms with van der Waals surface area (Å²) in [4.78, 5) is 31.4. The molecule has 1 aliphatic carbocycles. The average molecular weight is 669 g/mol. The lowest BCUT2D eigenvalue weighted by molar-refractivity contribution is -0.138. The van der Waals surface area contributed by atoms with E-state index in [0.717, 1.165) is 23.7 Å². The first kappa shape index (κ1) is 32.4. The molecule has 8 nitrogen and oxygen atoms in total. The normalized spacial score (nSPS) is 26.4. The molecule has 48 heavy (non-hydrogen) atoms. The lowest BCUT2D eigenvalue weighted by Gasteiger charge is -2.46. The summed E-state index contributed by atoms with van der Waals surface area (Å²) in [7, 11) is 0. The number of halogens is 5. The molecule has 3 aliphatic heterocycles. The molecule has 0 N–H and O–H groups in total. The fraction of sp³-hybridized carbons (Fsp3) is 0.486. The molecule has 13 heteroatoms. The molecule has 7 rings (SSSR count). The third-order valence-corrected chi connectivity index (χ3v) is 11.1. The highest BCUT2D eigenvalue weighted by atomic mass is 19.4. The van der Waals surface area contributed by atoms with E-state index < -0.39 is 35.7 Å². The van der Waals surface area contributed by atoms with Crippen molar-refractivity contribution in [3.8, 4) is 0 Å². The minimum Gasteiger partial charge on any atom is -0.339 e. The molecular weight excluding hydrogens is 631 g/mol. The molecule has 2 aromatic carbocycles. The number of amides is 2. The lowest BCUT2D eigenvalue weighted by Crippen LogP contribution is -2.43. The number of benzene rings is 2. The quantitative estimate of drug-likeness (QED) is 0.206. The smallest absolute Gasteiger partial charge is 0.339 e. The summed E-state index contributed by atoms with van der Waals surface area (Å²) in [5.41, 5.74) is -0.421. The van der Waals surface area contributed by atoms with E-state index in [1.165, 1.54) is 17.0 Å². The summed E-state index contributed by atoms with van der Waals surface area (Å²) in [6.07, 6.45) is 0.340. The van der Waals surface area contributed by atoms with E-state index >= 15 is 0 Å². The number of carbonyl (C=O) groups is 2. The van der Waals surface area contributed by atoms with Crippen LogP contribution in [0.2, 0.25) is 0 Å². The molecule has 1 saturated carbocycles. The van der Waals surface area contributed by atoms with Gasteiger partial charge in [0, 0.05) is 42.3 Å². The Kier molecular flexibility index (Phi) is 7.76. The number of aromatic nitrogens is 3. The van der Waals surface area contributed by atoms with Crippen LogP contribution in [0.1, 0.15) is 90.6 Å². The second-order valence-electron chi connectivity index (χ2n) is 14.1. The number of alkyl halides is 5. The van der Waals surface area contributed by atoms with Gasteiger partial charge in [-0.05, 0) is 92.1 Å². The van der Waals surface area contributed by atoms with Crippen LogP contribution in [-0.2, 0) is 22.9 Å². The van der Waals surface area contributed by atoms with Gasteiger partial charge in [0.2, 0.25) is 5.91 Å². The van der Waals surface area contributed by atoms with Crippen molar-refractivity contribution in [2.24, 2.45) is 11.3 Å². The SMILES string of the molecule is C=CC(=O)N1CC[C@]2(CCN([C@H](C)c3cc4c(c(C(F)(F)F)c3)CN(c3cccc(C5(c6nncn6C(F)F)CC(C)C5)c3)C4=O)C2)C1. The molecule has 0 bridgehead atoms. The molecule has 4 heterocycles. The third kappa shape index (κ3) is 5.21. The van der Waals surface area contributed by atoms with Crippen LogP contribution < -0.4 is 4.90 Å². The summed E-state index contributed by atoms with van der Waals surface area (Å²) in [6.45, 7) is 6.88. The molecule has 1 aromatic heterocycles. The van der Waals surface area contributed by atoms with Gasteiger partial charge in [-0.2, -0.15) is 22.0 Å². The van der Waals surface area contributed by atoms with Crippen molar-refractivity contribution in [1.82, 2.24) is 24.6 Å². The number of rotatable bonds is 7. The monoisotopic (exact) mass is 668 g/mol. The van der Waals surface area contributed by atoms with Crippen molar-refractivity contribution >= 4 is 17.5 Å². The Morgan fingerprint density at radius 1 is 1.10 bits per heavy atom. The van der Waals surface area contributed by atoms with E-state index in [0.29, 0.717) is 55.8 Å². The zero-order valence-electron chi connectivity index (χ0n) is 26.8. The molecule has 3 fully saturated rings. The highest BCUT2D eigenvalue weighted by Crippen LogP contribution is 2.53. The van der Waals surface area contributed by atoms with Crippen LogP contribution in [0, 0.1) is 11.3 Å². The Morgan fingerprint density at radius 3 is 2.54 bits per heavy atom. The fourth-order valence-corrected chi connectivity index (χ4v) is 8.61. The number of hydrogen-bond acceptors (Lipinski definition) is 5. The van der Waals surface area contributed by atoms with Crippen molar-refractivity contribution in [3.63, 3.8) is 0 Å². The molecular formula is C35H37F5N6O2. The standard InChI is InChI=1S/C35H37F5N6O2/c1-4-29(47)44-11-9-33(19-44)8-10-43(18-33)22(3)23-12-26-27(28(13-23)35(38,39)40)17-45(30(26)48)25-7-5-6-24(14-25)34(15-21(2)16-34)31-42-41-20-46(31)32(36)37/h4-7,12-14,20-22,32H,1,8-11,15-19H2,2-3H3/t21?,22-,33+,34?/m1/s1. The highest BCUT2D eigenvalue weighted by molar-refractivity contribution is 6.10. The van der Waals surface area contributed by atoms with Crippen LogP contribution in [0.5, 0.6) is 0 Å². The number of nitrogens with zero attached hydrogens (tertiary/aromatic N) is 6. The van der Waals surface area contributed by atoms with Gasteiger partial charge in [-0.1, -0.05) is 25.6 Å². The predicted octanol–water partition coefficient (Wildman–Crippen LogP) is 6.74. The Morgan fingerprint density at radius 2 is 1.85 bits per heavy atom. The molecule has 2 amide bonds. The summed E-state index contributed by atoms with van der Waals surface area (Å²) < 4.78 is 72.3. The number of fused-ring (bicyclic) bond motifs is 1. The van der Waals surface area contributed by atoms with Gasteiger partial charge in [0.05, 0.1) is 17.5 Å². The summed E-state index contributed by atoms with van der Waals surface area (Å²) in [5.74, 6) is -0.297. The van der Waals surface area contributed by atoms with Crippen LogP contribution in [0.4, 0.5) is 27.6 Å². The van der Waals surface area contributed by atoms with Crippen molar-refractivity contribution in [1.29, 1.82) is 0 Å². The Bertz CT molecular complexity index is 1780. The average Bonchev–Trinajstić information content (AvgIpc) is 3.85. The maximum Gasteiger partial charge on any atom is 0.416 e. The molecule has 2 atom stereocenters. The predicted molar refractivity (Wildman–Crippen MR) is 167 cm³/mol. The molecule has 4 aliphatic rings. The number of likely N-dealkylation sites (tertiary alicyclic amines) is 2. The Labute approximate surface area is 275 Å². The van der Waals surface area contributed by atoms with Gasteiger partial charge in [0.15, 0.2) is 0 Å². The summed E-state index contributed by atoms with van der Waals surface area (Å²) in [5, 5.41) is 7.79. The molecule has 1 spiro atoms. The molecule has 0 unspecified atom stereocenters. The van der Waals surface area contributed by atoms with Crippen LogP contribution in [0.15, 0.2) is 55.4 Å². The van der Waals surface area contributed by atoms with Crippen molar-refractivity contribution < 1.29 is 31.5 Å². The first-order valence-electron chi connectivity index (χ1n) is 16.3. The fourth-order valence-electron chi connectivity index (χ4n) is 8.61. The highest BCUT2D eigenvalue weighted by Gasteiger charge is 2.50. The molecule has 3 aromatic rings. The van der Waals surface area contributed by atoms with E-state index in [1.807, 2.05) is 13.8 Å². The van der Waals surface area contributed by atoms with Gasteiger partial charge in [-0.25, -0.2) is 0 Å². The zero-order chi connectivity index (χ0) is 34.2.